The molecular weight excluding hydrogens is 447 g/mol. The van der Waals surface area contributed by atoms with Crippen molar-refractivity contribution in [3.8, 4) is 5.75 Å². The Kier molecular flexibility index (Phi) is 6.21. The maximum Gasteiger partial charge on any atom is 0.282 e. The smallest absolute Gasteiger partial charge is 0.282 e. The van der Waals surface area contributed by atoms with Gasteiger partial charge in [-0.05, 0) is 73.5 Å². The number of hydrogen-bond acceptors (Lipinski definition) is 4. The van der Waals surface area contributed by atoms with Crippen LogP contribution in [-0.4, -0.2) is 18.4 Å². The molecule has 162 valence electrons. The van der Waals surface area contributed by atoms with Gasteiger partial charge in [0.15, 0.2) is 0 Å². The first-order chi connectivity index (χ1) is 15.4. The summed E-state index contributed by atoms with van der Waals surface area (Å²) < 4.78 is 5.46. The average molecular weight is 467 g/mol. The van der Waals surface area contributed by atoms with Crippen LogP contribution in [0.1, 0.15) is 18.1 Å². The van der Waals surface area contributed by atoms with Crippen LogP contribution < -0.4 is 15.0 Å². The normalized spacial score (nSPS) is 13.7. The summed E-state index contributed by atoms with van der Waals surface area (Å²) >= 11 is 12.3. The second-order valence-electron chi connectivity index (χ2n) is 7.22. The molecule has 0 radical (unpaired) electrons. The van der Waals surface area contributed by atoms with Gasteiger partial charge >= 0.3 is 0 Å². The number of nitrogens with zero attached hydrogens (tertiary/aromatic N) is 1. The lowest BCUT2D eigenvalue weighted by Gasteiger charge is -2.16. The minimum atomic E-state index is -0.458. The predicted molar refractivity (Wildman–Crippen MR) is 128 cm³/mol. The molecule has 0 saturated heterocycles. The number of carbonyl (C=O) groups is 2. The van der Waals surface area contributed by atoms with Crippen LogP contribution in [-0.2, 0) is 9.59 Å². The Hall–Kier alpha value is -3.28. The third-order valence-corrected chi connectivity index (χ3v) is 5.72. The van der Waals surface area contributed by atoms with Gasteiger partial charge in [0.2, 0.25) is 0 Å². The summed E-state index contributed by atoms with van der Waals surface area (Å²) in [5.74, 6) is -0.225. The summed E-state index contributed by atoms with van der Waals surface area (Å²) in [7, 11) is 0. The number of nitrogens with one attached hydrogen (secondary N) is 1. The molecule has 2 amide bonds. The van der Waals surface area contributed by atoms with Crippen molar-refractivity contribution in [3.05, 3.63) is 93.6 Å². The molecule has 0 fully saturated rings. The quantitative estimate of drug-likeness (QED) is 0.446. The monoisotopic (exact) mass is 466 g/mol. The average Bonchev–Trinajstić information content (AvgIpc) is 3.02. The van der Waals surface area contributed by atoms with E-state index in [2.05, 4.69) is 5.32 Å². The van der Waals surface area contributed by atoms with Gasteiger partial charge in [-0.3, -0.25) is 9.59 Å². The Balaban J connectivity index is 1.77. The molecule has 1 aliphatic heterocycles. The van der Waals surface area contributed by atoms with Crippen molar-refractivity contribution in [2.75, 3.05) is 16.8 Å². The van der Waals surface area contributed by atoms with Gasteiger partial charge in [0.25, 0.3) is 11.8 Å². The van der Waals surface area contributed by atoms with E-state index >= 15 is 0 Å². The van der Waals surface area contributed by atoms with Gasteiger partial charge in [0, 0.05) is 15.7 Å². The molecule has 5 nitrogen and oxygen atoms in total. The highest BCUT2D eigenvalue weighted by molar-refractivity contribution is 6.46. The van der Waals surface area contributed by atoms with Crippen LogP contribution >= 0.6 is 23.2 Å². The van der Waals surface area contributed by atoms with Crippen molar-refractivity contribution < 1.29 is 14.3 Å². The molecule has 0 bridgehead atoms. The molecule has 0 unspecified atom stereocenters. The first-order valence-corrected chi connectivity index (χ1v) is 10.8. The Morgan fingerprint density at radius 1 is 0.906 bits per heavy atom. The minimum Gasteiger partial charge on any atom is -0.494 e. The lowest BCUT2D eigenvalue weighted by atomic mass is 10.0. The Labute approximate surface area is 196 Å². The van der Waals surface area contributed by atoms with E-state index in [1.807, 2.05) is 26.0 Å². The number of anilines is 2. The number of benzene rings is 3. The van der Waals surface area contributed by atoms with E-state index in [-0.39, 0.29) is 11.3 Å². The lowest BCUT2D eigenvalue weighted by molar-refractivity contribution is -0.120. The zero-order chi connectivity index (χ0) is 22.8. The largest absolute Gasteiger partial charge is 0.494 e. The van der Waals surface area contributed by atoms with E-state index in [9.17, 15) is 9.59 Å². The number of ether oxygens (including phenoxy) is 1. The summed E-state index contributed by atoms with van der Waals surface area (Å²) in [5, 5.41) is 4.20. The van der Waals surface area contributed by atoms with Crippen molar-refractivity contribution in [1.82, 2.24) is 0 Å². The van der Waals surface area contributed by atoms with Crippen LogP contribution in [0.15, 0.2) is 72.4 Å². The van der Waals surface area contributed by atoms with E-state index in [4.69, 9.17) is 27.9 Å². The summed E-state index contributed by atoms with van der Waals surface area (Å²) in [6.07, 6.45) is 0. The number of rotatable bonds is 6. The molecule has 4 rings (SSSR count). The topological polar surface area (TPSA) is 58.6 Å². The molecule has 3 aromatic rings. The molecule has 1 heterocycles. The fourth-order valence-electron chi connectivity index (χ4n) is 3.44. The molecule has 0 saturated carbocycles. The number of carbonyl (C=O) groups excluding carboxylic acids is 2. The molecule has 3 aromatic carbocycles. The predicted octanol–water partition coefficient (Wildman–Crippen LogP) is 6.10. The summed E-state index contributed by atoms with van der Waals surface area (Å²) in [5.41, 5.74) is 2.99. The minimum absolute atomic E-state index is 0.172. The third kappa shape index (κ3) is 4.22. The van der Waals surface area contributed by atoms with Gasteiger partial charge in [0.05, 0.1) is 17.9 Å². The van der Waals surface area contributed by atoms with Crippen LogP contribution in [0.4, 0.5) is 11.4 Å². The molecule has 0 aromatic heterocycles. The van der Waals surface area contributed by atoms with E-state index in [1.165, 1.54) is 0 Å². The van der Waals surface area contributed by atoms with Gasteiger partial charge in [-0.15, -0.1) is 0 Å². The van der Waals surface area contributed by atoms with Gasteiger partial charge in [-0.1, -0.05) is 41.4 Å². The van der Waals surface area contributed by atoms with Gasteiger partial charge in [-0.2, -0.15) is 0 Å². The van der Waals surface area contributed by atoms with Crippen molar-refractivity contribution in [2.45, 2.75) is 13.8 Å². The molecule has 0 aliphatic carbocycles. The maximum atomic E-state index is 13.5. The summed E-state index contributed by atoms with van der Waals surface area (Å²) in [6, 6.07) is 19.0. The van der Waals surface area contributed by atoms with Crippen LogP contribution in [0, 0.1) is 6.92 Å². The first-order valence-electron chi connectivity index (χ1n) is 10.0. The molecule has 1 aliphatic rings. The SMILES string of the molecule is CCOc1ccc(N2C(=O)C(Nc3ccc(C)c(Cl)c3)=C(c3ccc(Cl)cc3)C2=O)cc1. The highest BCUT2D eigenvalue weighted by Crippen LogP contribution is 2.35. The Bertz CT molecular complexity index is 1220. The molecule has 1 N–H and O–H groups in total. The maximum absolute atomic E-state index is 13.5. The molecule has 0 spiro atoms. The second kappa shape index (κ2) is 9.07. The third-order valence-electron chi connectivity index (χ3n) is 5.06. The zero-order valence-electron chi connectivity index (χ0n) is 17.5. The van der Waals surface area contributed by atoms with Gasteiger partial charge < -0.3 is 10.1 Å². The van der Waals surface area contributed by atoms with Crippen LogP contribution in [0.5, 0.6) is 5.75 Å². The number of amides is 2. The highest BCUT2D eigenvalue weighted by atomic mass is 35.5. The van der Waals surface area contributed by atoms with Crippen LogP contribution in [0.2, 0.25) is 10.0 Å². The zero-order valence-corrected chi connectivity index (χ0v) is 19.0. The Morgan fingerprint density at radius 3 is 2.22 bits per heavy atom. The first kappa shape index (κ1) is 21.9. The fourth-order valence-corrected chi connectivity index (χ4v) is 3.74. The fraction of sp³-hybridized carbons (Fsp3) is 0.120. The number of hydrogen-bond donors (Lipinski definition) is 1. The second-order valence-corrected chi connectivity index (χ2v) is 8.06. The van der Waals surface area contributed by atoms with E-state index in [0.717, 1.165) is 10.5 Å². The van der Waals surface area contributed by atoms with Crippen LogP contribution in [0.3, 0.4) is 0 Å². The van der Waals surface area contributed by atoms with Crippen molar-refractivity contribution in [1.29, 1.82) is 0 Å². The highest BCUT2D eigenvalue weighted by Gasteiger charge is 2.40. The number of halogens is 2. The summed E-state index contributed by atoms with van der Waals surface area (Å²) in [4.78, 5) is 28.0. The lowest BCUT2D eigenvalue weighted by Crippen LogP contribution is -2.32. The van der Waals surface area contributed by atoms with Crippen molar-refractivity contribution in [3.63, 3.8) is 0 Å². The Morgan fingerprint density at radius 2 is 1.59 bits per heavy atom. The summed E-state index contributed by atoms with van der Waals surface area (Å²) in [6.45, 7) is 4.30. The molecular formula is C25H20Cl2N2O3. The standard InChI is InChI=1S/C25H20Cl2N2O3/c1-3-32-20-12-10-19(11-13-20)29-24(30)22(16-5-7-17(26)8-6-16)23(25(29)31)28-18-9-4-15(2)21(27)14-18/h4-14,28H,3H2,1-2H3. The van der Waals surface area contributed by atoms with Crippen LogP contribution in [0.25, 0.3) is 5.57 Å². The molecule has 32 heavy (non-hydrogen) atoms. The number of aryl methyl sites for hydroxylation is 1. The molecule has 7 heteroatoms. The van der Waals surface area contributed by atoms with Crippen molar-refractivity contribution in [2.24, 2.45) is 0 Å². The van der Waals surface area contributed by atoms with Gasteiger partial charge in [0.1, 0.15) is 11.4 Å². The van der Waals surface area contributed by atoms with E-state index in [1.54, 1.807) is 54.6 Å². The van der Waals surface area contributed by atoms with Crippen molar-refractivity contribution >= 4 is 52.0 Å². The van der Waals surface area contributed by atoms with E-state index in [0.29, 0.717) is 39.3 Å². The molecule has 0 atom stereocenters. The number of imide groups is 1. The van der Waals surface area contributed by atoms with E-state index < -0.39 is 11.8 Å². The van der Waals surface area contributed by atoms with Gasteiger partial charge in [-0.25, -0.2) is 4.90 Å².